The van der Waals surface area contributed by atoms with E-state index in [1.54, 1.807) is 43.3 Å². The van der Waals surface area contributed by atoms with E-state index in [0.29, 0.717) is 16.7 Å². The molecule has 0 heterocycles. The molecule has 0 fully saturated rings. The monoisotopic (exact) mass is 415 g/mol. The first-order valence-electron chi connectivity index (χ1n) is 9.60. The van der Waals surface area contributed by atoms with E-state index in [1.807, 2.05) is 30.3 Å². The van der Waals surface area contributed by atoms with E-state index in [1.165, 1.54) is 18.2 Å². The summed E-state index contributed by atoms with van der Waals surface area (Å²) in [5.41, 5.74) is 2.10. The molecule has 0 saturated carbocycles. The molecule has 0 spiro atoms. The van der Waals surface area contributed by atoms with Gasteiger partial charge in [-0.25, -0.2) is 0 Å². The van der Waals surface area contributed by atoms with Gasteiger partial charge in [0.2, 0.25) is 0 Å². The summed E-state index contributed by atoms with van der Waals surface area (Å²) in [7, 11) is 0. The first kappa shape index (κ1) is 21.4. The lowest BCUT2D eigenvalue weighted by Gasteiger charge is -2.15. The van der Waals surface area contributed by atoms with Gasteiger partial charge in [0.15, 0.2) is 0 Å². The Kier molecular flexibility index (Phi) is 6.90. The molecule has 156 valence electrons. The smallest absolute Gasteiger partial charge is 0.270 e. The summed E-state index contributed by atoms with van der Waals surface area (Å²) in [6.07, 6.45) is 0. The van der Waals surface area contributed by atoms with Crippen molar-refractivity contribution in [3.63, 3.8) is 0 Å². The molecule has 7 nitrogen and oxygen atoms in total. The molecule has 0 aliphatic heterocycles. The second-order valence-corrected chi connectivity index (χ2v) is 6.80. The van der Waals surface area contributed by atoms with Crippen molar-refractivity contribution in [3.8, 4) is 0 Å². The number of benzene rings is 3. The third-order valence-electron chi connectivity index (χ3n) is 4.66. The Morgan fingerprint density at radius 1 is 0.871 bits per heavy atom. The van der Waals surface area contributed by atoms with Gasteiger partial charge < -0.3 is 10.6 Å². The number of nitrogens with zero attached hydrogens (tertiary/aromatic N) is 1. The molecule has 0 saturated heterocycles. The Hall–Kier alpha value is -4.26. The quantitative estimate of drug-likeness (QED) is 0.345. The Morgan fingerprint density at radius 3 is 2.13 bits per heavy atom. The van der Waals surface area contributed by atoms with E-state index in [4.69, 9.17) is 0 Å². The molecule has 0 aliphatic rings. The maximum absolute atomic E-state index is 13.0. The van der Waals surface area contributed by atoms with Gasteiger partial charge in [-0.3, -0.25) is 19.7 Å². The average molecular weight is 415 g/mol. The number of nitro groups is 1. The number of amides is 2. The van der Waals surface area contributed by atoms with Crippen LogP contribution in [0.15, 0.2) is 90.6 Å². The number of non-ortho nitro benzene ring substituents is 1. The lowest BCUT2D eigenvalue weighted by Crippen LogP contribution is -2.35. The number of allylic oxidation sites excluding steroid dienone is 1. The Bertz CT molecular complexity index is 1130. The topological polar surface area (TPSA) is 101 Å². The molecule has 3 aromatic carbocycles. The molecular formula is C24H21N3O4. The lowest BCUT2D eigenvalue weighted by molar-refractivity contribution is -0.384. The predicted octanol–water partition coefficient (Wildman–Crippen LogP) is 4.07. The number of nitro benzene ring substituents is 1. The van der Waals surface area contributed by atoms with E-state index in [2.05, 4.69) is 10.6 Å². The van der Waals surface area contributed by atoms with E-state index in [9.17, 15) is 19.7 Å². The zero-order chi connectivity index (χ0) is 22.2. The van der Waals surface area contributed by atoms with E-state index in [-0.39, 0.29) is 17.9 Å². The maximum Gasteiger partial charge on any atom is 0.270 e. The fourth-order valence-corrected chi connectivity index (χ4v) is 2.96. The van der Waals surface area contributed by atoms with Crippen molar-refractivity contribution >= 4 is 23.1 Å². The fourth-order valence-electron chi connectivity index (χ4n) is 2.96. The van der Waals surface area contributed by atoms with E-state index < -0.39 is 16.7 Å². The number of hydrogen-bond donors (Lipinski definition) is 2. The van der Waals surface area contributed by atoms with Gasteiger partial charge in [-0.15, -0.1) is 0 Å². The Labute approximate surface area is 179 Å². The summed E-state index contributed by atoms with van der Waals surface area (Å²) in [5, 5.41) is 16.6. The van der Waals surface area contributed by atoms with Crippen molar-refractivity contribution in [1.82, 2.24) is 10.6 Å². The second kappa shape index (κ2) is 9.98. The minimum absolute atomic E-state index is 0.0327. The molecule has 2 amide bonds. The molecule has 0 aromatic heterocycles. The normalized spacial score (nSPS) is 11.3. The molecule has 3 aromatic rings. The minimum Gasteiger partial charge on any atom is -0.347 e. The average Bonchev–Trinajstić information content (AvgIpc) is 2.81. The van der Waals surface area contributed by atoms with Crippen molar-refractivity contribution in [2.75, 3.05) is 0 Å². The van der Waals surface area contributed by atoms with Crippen LogP contribution in [0.4, 0.5) is 5.69 Å². The van der Waals surface area contributed by atoms with Crippen molar-refractivity contribution < 1.29 is 14.5 Å². The van der Waals surface area contributed by atoms with Crippen LogP contribution in [0.2, 0.25) is 0 Å². The molecule has 7 heteroatoms. The van der Waals surface area contributed by atoms with Crippen LogP contribution < -0.4 is 10.6 Å². The van der Waals surface area contributed by atoms with Crippen LogP contribution in [0.1, 0.15) is 28.4 Å². The lowest BCUT2D eigenvalue weighted by atomic mass is 10.0. The van der Waals surface area contributed by atoms with Gasteiger partial charge in [-0.05, 0) is 35.8 Å². The number of hydrogen-bond acceptors (Lipinski definition) is 4. The minimum atomic E-state index is -0.505. The van der Waals surface area contributed by atoms with Crippen LogP contribution in [0, 0.1) is 10.1 Å². The predicted molar refractivity (Wildman–Crippen MR) is 118 cm³/mol. The molecule has 0 bridgehead atoms. The van der Waals surface area contributed by atoms with Crippen molar-refractivity contribution in [2.45, 2.75) is 13.5 Å². The molecule has 0 unspecified atom stereocenters. The molecular weight excluding hydrogens is 394 g/mol. The van der Waals surface area contributed by atoms with Gasteiger partial charge in [-0.2, -0.15) is 0 Å². The SMILES string of the molecule is CC(=C(NC(=O)c1ccccc1)C(=O)NCc1ccccc1)c1cccc([N+](=O)[O-])c1. The third-order valence-corrected chi connectivity index (χ3v) is 4.66. The van der Waals surface area contributed by atoms with Gasteiger partial charge in [-0.1, -0.05) is 60.7 Å². The summed E-state index contributed by atoms with van der Waals surface area (Å²) >= 11 is 0. The molecule has 0 atom stereocenters. The van der Waals surface area contributed by atoms with Crippen molar-refractivity contribution in [2.24, 2.45) is 0 Å². The highest BCUT2D eigenvalue weighted by Gasteiger charge is 2.19. The highest BCUT2D eigenvalue weighted by Crippen LogP contribution is 2.22. The van der Waals surface area contributed by atoms with E-state index in [0.717, 1.165) is 5.56 Å². The standard InChI is InChI=1S/C24H21N3O4/c1-17(20-13-8-14-21(15-20)27(30)31)22(26-23(28)19-11-6-3-7-12-19)24(29)25-16-18-9-4-2-5-10-18/h2-15H,16H2,1H3,(H,25,29)(H,26,28). The van der Waals surface area contributed by atoms with Crippen LogP contribution in [0.3, 0.4) is 0 Å². The van der Waals surface area contributed by atoms with Gasteiger partial charge >= 0.3 is 0 Å². The van der Waals surface area contributed by atoms with Gasteiger partial charge in [0.05, 0.1) is 4.92 Å². The Morgan fingerprint density at radius 2 is 1.48 bits per heavy atom. The van der Waals surface area contributed by atoms with Crippen LogP contribution in [0.5, 0.6) is 0 Å². The molecule has 3 rings (SSSR count). The zero-order valence-electron chi connectivity index (χ0n) is 16.9. The molecule has 2 N–H and O–H groups in total. The number of nitrogens with one attached hydrogen (secondary N) is 2. The number of rotatable bonds is 7. The van der Waals surface area contributed by atoms with Crippen LogP contribution in [-0.2, 0) is 11.3 Å². The van der Waals surface area contributed by atoms with Crippen molar-refractivity contribution in [3.05, 3.63) is 117 Å². The van der Waals surface area contributed by atoms with Crippen LogP contribution >= 0.6 is 0 Å². The summed E-state index contributed by atoms with van der Waals surface area (Å²) in [5.74, 6) is -0.938. The van der Waals surface area contributed by atoms with Crippen LogP contribution in [-0.4, -0.2) is 16.7 Å². The highest BCUT2D eigenvalue weighted by atomic mass is 16.6. The molecule has 0 aliphatic carbocycles. The first-order valence-corrected chi connectivity index (χ1v) is 9.60. The van der Waals surface area contributed by atoms with E-state index >= 15 is 0 Å². The highest BCUT2D eigenvalue weighted by molar-refractivity contribution is 6.07. The number of carbonyl (C=O) groups is 2. The van der Waals surface area contributed by atoms with Gasteiger partial charge in [0, 0.05) is 24.2 Å². The second-order valence-electron chi connectivity index (χ2n) is 6.80. The molecule has 0 radical (unpaired) electrons. The zero-order valence-corrected chi connectivity index (χ0v) is 16.9. The first-order chi connectivity index (χ1) is 15.0. The summed E-state index contributed by atoms with van der Waals surface area (Å²) < 4.78 is 0. The van der Waals surface area contributed by atoms with Crippen molar-refractivity contribution in [1.29, 1.82) is 0 Å². The summed E-state index contributed by atoms with van der Waals surface area (Å²) in [4.78, 5) is 36.3. The third kappa shape index (κ3) is 5.63. The van der Waals surface area contributed by atoms with Gasteiger partial charge in [0.1, 0.15) is 5.70 Å². The number of carbonyl (C=O) groups excluding carboxylic acids is 2. The largest absolute Gasteiger partial charge is 0.347 e. The van der Waals surface area contributed by atoms with Gasteiger partial charge in [0.25, 0.3) is 17.5 Å². The summed E-state index contributed by atoms with van der Waals surface area (Å²) in [6.45, 7) is 1.91. The maximum atomic E-state index is 13.0. The summed E-state index contributed by atoms with van der Waals surface area (Å²) in [6, 6.07) is 23.8. The van der Waals surface area contributed by atoms with Crippen LogP contribution in [0.25, 0.3) is 5.57 Å². The molecule has 31 heavy (non-hydrogen) atoms. The Balaban J connectivity index is 1.93. The fraction of sp³-hybridized carbons (Fsp3) is 0.0833.